The van der Waals surface area contributed by atoms with Crippen molar-refractivity contribution in [2.75, 3.05) is 5.32 Å². The normalized spacial score (nSPS) is 13.5. The van der Waals surface area contributed by atoms with Gasteiger partial charge in [-0.2, -0.15) is 18.2 Å². The summed E-state index contributed by atoms with van der Waals surface area (Å²) in [4.78, 5) is 17.3. The van der Waals surface area contributed by atoms with Gasteiger partial charge in [0.25, 0.3) is 0 Å². The van der Waals surface area contributed by atoms with E-state index in [0.29, 0.717) is 34.2 Å². The van der Waals surface area contributed by atoms with Crippen molar-refractivity contribution in [3.8, 4) is 10.7 Å². The highest BCUT2D eigenvalue weighted by molar-refractivity contribution is 7.15. The predicted octanol–water partition coefficient (Wildman–Crippen LogP) is 4.43. The van der Waals surface area contributed by atoms with Crippen LogP contribution in [-0.2, 0) is 12.6 Å². The molecule has 0 aliphatic heterocycles. The Morgan fingerprint density at radius 2 is 2.10 bits per heavy atom. The highest BCUT2D eigenvalue weighted by Gasteiger charge is 2.38. The van der Waals surface area contributed by atoms with Crippen LogP contribution < -0.4 is 11.1 Å². The molecule has 8 nitrogen and oxygen atoms in total. The van der Waals surface area contributed by atoms with Gasteiger partial charge >= 0.3 is 12.1 Å². The number of aliphatic imine (C=N–C) groups is 1. The minimum absolute atomic E-state index is 0.0929. The first-order chi connectivity index (χ1) is 14.7. The lowest BCUT2D eigenvalue weighted by molar-refractivity contribution is -0.159. The van der Waals surface area contributed by atoms with Gasteiger partial charge in [-0.3, -0.25) is 9.98 Å². The Balaban J connectivity index is 1.63. The Morgan fingerprint density at radius 3 is 2.74 bits per heavy atom. The molecule has 0 aliphatic rings. The predicted molar refractivity (Wildman–Crippen MR) is 111 cm³/mol. The van der Waals surface area contributed by atoms with Crippen LogP contribution in [0.1, 0.15) is 24.6 Å². The maximum atomic E-state index is 12.6. The zero-order valence-corrected chi connectivity index (χ0v) is 17.3. The first-order valence-electron chi connectivity index (χ1n) is 8.93. The number of nitrogens with zero attached hydrogens (tertiary/aromatic N) is 5. The number of nitrogens with one attached hydrogen (secondary N) is 1. The van der Waals surface area contributed by atoms with Crippen molar-refractivity contribution < 1.29 is 17.7 Å². The summed E-state index contributed by atoms with van der Waals surface area (Å²) in [6.07, 6.45) is 4.02. The molecular formula is C19H18F3N7OS. The molecule has 162 valence electrons. The maximum Gasteiger partial charge on any atom is 0.471 e. The molecule has 31 heavy (non-hydrogen) atoms. The van der Waals surface area contributed by atoms with Crippen molar-refractivity contribution in [2.24, 2.45) is 10.7 Å². The molecule has 0 aromatic carbocycles. The third-order valence-electron chi connectivity index (χ3n) is 3.82. The zero-order valence-electron chi connectivity index (χ0n) is 16.5. The van der Waals surface area contributed by atoms with Gasteiger partial charge in [0.2, 0.25) is 5.82 Å². The van der Waals surface area contributed by atoms with E-state index >= 15 is 0 Å². The number of aromatic nitrogens is 4. The second kappa shape index (κ2) is 9.51. The van der Waals surface area contributed by atoms with Gasteiger partial charge < -0.3 is 15.6 Å². The fourth-order valence-corrected chi connectivity index (χ4v) is 3.32. The fraction of sp³-hybridized carbons (Fsp3) is 0.211. The van der Waals surface area contributed by atoms with Crippen LogP contribution in [0.3, 0.4) is 0 Å². The van der Waals surface area contributed by atoms with E-state index < -0.39 is 12.1 Å². The summed E-state index contributed by atoms with van der Waals surface area (Å²) >= 11 is 1.27. The van der Waals surface area contributed by atoms with Gasteiger partial charge in [-0.05, 0) is 26.0 Å². The van der Waals surface area contributed by atoms with E-state index in [4.69, 9.17) is 5.73 Å². The van der Waals surface area contributed by atoms with Gasteiger partial charge in [0.05, 0.1) is 22.5 Å². The quantitative estimate of drug-likeness (QED) is 0.513. The van der Waals surface area contributed by atoms with E-state index in [0.717, 1.165) is 4.88 Å². The van der Waals surface area contributed by atoms with Crippen molar-refractivity contribution in [3.05, 3.63) is 65.2 Å². The maximum absolute atomic E-state index is 12.6. The molecule has 0 radical (unpaired) electrons. The Hall–Kier alpha value is -3.54. The molecule has 0 aliphatic carbocycles. The summed E-state index contributed by atoms with van der Waals surface area (Å²) in [5, 5.41) is 6.47. The third kappa shape index (κ3) is 5.98. The summed E-state index contributed by atoms with van der Waals surface area (Å²) in [6.45, 7) is 3.55. The van der Waals surface area contributed by atoms with Crippen LogP contribution >= 0.6 is 11.3 Å². The average Bonchev–Trinajstić information content (AvgIpc) is 3.39. The molecule has 3 N–H and O–H groups in total. The second-order valence-corrected chi connectivity index (χ2v) is 7.43. The van der Waals surface area contributed by atoms with E-state index in [1.165, 1.54) is 11.3 Å². The highest BCUT2D eigenvalue weighted by atomic mass is 32.1. The first-order valence-corrected chi connectivity index (χ1v) is 9.75. The van der Waals surface area contributed by atoms with E-state index in [1.54, 1.807) is 50.8 Å². The number of nitrogens with two attached hydrogens (primary N) is 1. The van der Waals surface area contributed by atoms with Gasteiger partial charge in [0.15, 0.2) is 0 Å². The van der Waals surface area contributed by atoms with Crippen molar-refractivity contribution >= 4 is 22.9 Å². The molecule has 3 rings (SSSR count). The SMILES string of the molecule is CC(=N\C=C\Cc1ccc(-c2noc(C(F)(F)F)n2)s1)/C(Nc1cnccn1)=C(/C)N. The van der Waals surface area contributed by atoms with Crippen LogP contribution in [0.4, 0.5) is 19.0 Å². The van der Waals surface area contributed by atoms with Crippen LogP contribution in [0.2, 0.25) is 0 Å². The second-order valence-electron chi connectivity index (χ2n) is 6.26. The molecule has 0 bridgehead atoms. The molecule has 0 amide bonds. The standard InChI is InChI=1S/C19H18F3N7OS/c1-11(23)16(27-15-10-24-8-9-26-15)12(2)25-7-3-4-13-5-6-14(31-13)17-28-18(30-29-17)19(20,21)22/h3,5-10H,4,23H2,1-2H3,(H,26,27)/b7-3+,16-11+,25-12+. The number of halogens is 3. The van der Waals surface area contributed by atoms with Crippen molar-refractivity contribution in [1.82, 2.24) is 20.1 Å². The Labute approximate surface area is 179 Å². The van der Waals surface area contributed by atoms with Gasteiger partial charge in [-0.25, -0.2) is 4.98 Å². The molecule has 0 spiro atoms. The van der Waals surface area contributed by atoms with E-state index in [2.05, 4.69) is 34.9 Å². The summed E-state index contributed by atoms with van der Waals surface area (Å²) in [6, 6.07) is 3.44. The van der Waals surface area contributed by atoms with E-state index in [-0.39, 0.29) is 5.82 Å². The van der Waals surface area contributed by atoms with Crippen LogP contribution in [0.15, 0.2) is 63.9 Å². The lowest BCUT2D eigenvalue weighted by atomic mass is 10.2. The molecule has 3 heterocycles. The number of thiophene rings is 1. The van der Waals surface area contributed by atoms with Crippen molar-refractivity contribution in [1.29, 1.82) is 0 Å². The molecular weight excluding hydrogens is 431 g/mol. The summed E-state index contributed by atoms with van der Waals surface area (Å²) in [5.74, 6) is -0.914. The van der Waals surface area contributed by atoms with Crippen molar-refractivity contribution in [3.63, 3.8) is 0 Å². The van der Waals surface area contributed by atoms with Gasteiger partial charge in [-0.1, -0.05) is 11.2 Å². The number of allylic oxidation sites excluding steroid dienone is 3. The van der Waals surface area contributed by atoms with Crippen LogP contribution in [0.5, 0.6) is 0 Å². The summed E-state index contributed by atoms with van der Waals surface area (Å²) in [7, 11) is 0. The Morgan fingerprint density at radius 1 is 1.29 bits per heavy atom. The molecule has 0 atom stereocenters. The largest absolute Gasteiger partial charge is 0.471 e. The minimum atomic E-state index is -4.67. The number of anilines is 1. The molecule has 12 heteroatoms. The lowest BCUT2D eigenvalue weighted by Crippen LogP contribution is -2.15. The zero-order chi connectivity index (χ0) is 22.4. The molecule has 0 saturated carbocycles. The first kappa shape index (κ1) is 22.2. The van der Waals surface area contributed by atoms with Gasteiger partial charge in [0.1, 0.15) is 5.82 Å². The molecule has 0 unspecified atom stereocenters. The van der Waals surface area contributed by atoms with Crippen LogP contribution in [0, 0.1) is 0 Å². The van der Waals surface area contributed by atoms with Crippen molar-refractivity contribution in [2.45, 2.75) is 26.4 Å². The molecule has 0 fully saturated rings. The average molecular weight is 449 g/mol. The topological polar surface area (TPSA) is 115 Å². The minimum Gasteiger partial charge on any atom is -0.401 e. The number of hydrogen-bond donors (Lipinski definition) is 2. The number of rotatable bonds is 7. The van der Waals surface area contributed by atoms with Crippen LogP contribution in [-0.4, -0.2) is 25.8 Å². The van der Waals surface area contributed by atoms with Crippen LogP contribution in [0.25, 0.3) is 10.7 Å². The molecule has 0 saturated heterocycles. The van der Waals surface area contributed by atoms with E-state index in [9.17, 15) is 13.2 Å². The summed E-state index contributed by atoms with van der Waals surface area (Å²) in [5.41, 5.74) is 7.77. The fourth-order valence-electron chi connectivity index (χ4n) is 2.41. The highest BCUT2D eigenvalue weighted by Crippen LogP contribution is 2.31. The summed E-state index contributed by atoms with van der Waals surface area (Å²) < 4.78 is 42.0. The van der Waals surface area contributed by atoms with Gasteiger partial charge in [0, 0.05) is 35.6 Å². The molecule has 3 aromatic heterocycles. The molecule has 3 aromatic rings. The lowest BCUT2D eigenvalue weighted by Gasteiger charge is -2.11. The van der Waals surface area contributed by atoms with E-state index in [1.807, 2.05) is 6.08 Å². The van der Waals surface area contributed by atoms with Gasteiger partial charge in [-0.15, -0.1) is 11.3 Å². The smallest absolute Gasteiger partial charge is 0.401 e. The Bertz CT molecular complexity index is 1110. The number of hydrogen-bond acceptors (Lipinski definition) is 9. The monoisotopic (exact) mass is 449 g/mol. The third-order valence-corrected chi connectivity index (χ3v) is 4.92. The Kier molecular flexibility index (Phi) is 6.80. The number of alkyl halides is 3.